The molecule has 204 valence electrons. The molecule has 6 aromatic carbocycles. The van der Waals surface area contributed by atoms with Crippen molar-refractivity contribution < 1.29 is 0 Å². The van der Waals surface area contributed by atoms with Crippen LogP contribution in [0.5, 0.6) is 0 Å². The van der Waals surface area contributed by atoms with Gasteiger partial charge in [0.1, 0.15) is 46.4 Å². The fourth-order valence-electron chi connectivity index (χ4n) is 6.09. The molecule has 0 saturated carbocycles. The van der Waals surface area contributed by atoms with Gasteiger partial charge in [-0.25, -0.2) is 0 Å². The molecule has 6 aromatic rings. The predicted molar refractivity (Wildman–Crippen MR) is 189 cm³/mol. The van der Waals surface area contributed by atoms with Crippen molar-refractivity contribution in [3.05, 3.63) is 194 Å². The van der Waals surface area contributed by atoms with Gasteiger partial charge in [-0.3, -0.25) is 0 Å². The Bertz CT molecular complexity index is 1360. The van der Waals surface area contributed by atoms with Crippen molar-refractivity contribution >= 4 is 46.4 Å². The molecule has 0 unspecified atom stereocenters. The van der Waals surface area contributed by atoms with Gasteiger partial charge in [-0.05, 0) is 84.9 Å². The number of rotatable bonds is 10. The van der Waals surface area contributed by atoms with E-state index in [-0.39, 0.29) is 0 Å². The summed E-state index contributed by atoms with van der Waals surface area (Å²) in [5.74, 6) is 0. The first-order valence-electron chi connectivity index (χ1n) is 14.6. The number of benzene rings is 6. The average molecular weight is 579 g/mol. The first-order valence-corrected chi connectivity index (χ1v) is 18.5. The van der Waals surface area contributed by atoms with Gasteiger partial charge in [0, 0.05) is 0 Å². The van der Waals surface area contributed by atoms with E-state index in [1.165, 1.54) is 31.8 Å². The fraction of sp³-hybridized carbons (Fsp3) is 0.0500. The molecule has 0 fully saturated rings. The summed E-state index contributed by atoms with van der Waals surface area (Å²) < 4.78 is 0. The maximum atomic E-state index is 2.49. The second-order valence-corrected chi connectivity index (χ2v) is 17.5. The molecule has 0 amide bonds. The van der Waals surface area contributed by atoms with E-state index in [1.807, 2.05) is 0 Å². The lowest BCUT2D eigenvalue weighted by atomic mass is 10.4. The molecular weight excluding hydrogens is 542 g/mol. The van der Waals surface area contributed by atoms with Crippen molar-refractivity contribution in [3.63, 3.8) is 0 Å². The van der Waals surface area contributed by atoms with Crippen LogP contribution >= 0.6 is 14.5 Å². The van der Waals surface area contributed by atoms with Crippen molar-refractivity contribution in [1.82, 2.24) is 0 Å². The summed E-state index contributed by atoms with van der Waals surface area (Å²) in [5, 5.41) is 8.51. The van der Waals surface area contributed by atoms with Crippen LogP contribution in [0.25, 0.3) is 0 Å². The summed E-state index contributed by atoms with van der Waals surface area (Å²) in [4.78, 5) is 0. The highest BCUT2D eigenvalue weighted by Gasteiger charge is 2.46. The standard InChI is InChI=1S/C40H36P2/c1-7-21-35(22-8-1)41(36-23-9-2-10-24-36,37-25-11-3-12-26-37)33-19-20-34-42(38-27-13-4-14-28-38,39-29-15-5-16-30-39)40-31-17-6-18-32-40/h1-32H,33-34H2/q+2. The molecule has 0 aliphatic carbocycles. The highest BCUT2D eigenvalue weighted by molar-refractivity contribution is 7.96. The largest absolute Gasteiger partial charge is 0.115 e. The highest BCUT2D eigenvalue weighted by Crippen LogP contribution is 2.57. The summed E-state index contributed by atoms with van der Waals surface area (Å²) in [6, 6.07) is 67.0. The van der Waals surface area contributed by atoms with Gasteiger partial charge in [0.2, 0.25) is 0 Å². The van der Waals surface area contributed by atoms with Gasteiger partial charge in [-0.2, -0.15) is 0 Å². The molecule has 0 atom stereocenters. The van der Waals surface area contributed by atoms with Crippen LogP contribution in [0.4, 0.5) is 0 Å². The molecule has 42 heavy (non-hydrogen) atoms. The van der Waals surface area contributed by atoms with Crippen molar-refractivity contribution in [2.45, 2.75) is 0 Å². The van der Waals surface area contributed by atoms with E-state index in [1.54, 1.807) is 0 Å². The molecule has 0 aliphatic heterocycles. The van der Waals surface area contributed by atoms with Gasteiger partial charge in [0.25, 0.3) is 0 Å². The van der Waals surface area contributed by atoms with Crippen molar-refractivity contribution in [2.24, 2.45) is 0 Å². The van der Waals surface area contributed by atoms with E-state index < -0.39 is 14.5 Å². The van der Waals surface area contributed by atoms with E-state index in [0.29, 0.717) is 0 Å². The Balaban J connectivity index is 1.48. The van der Waals surface area contributed by atoms with Gasteiger partial charge in [0.05, 0.1) is 12.3 Å². The van der Waals surface area contributed by atoms with Crippen LogP contribution in [0.15, 0.2) is 194 Å². The lowest BCUT2D eigenvalue weighted by molar-refractivity contribution is 1.59. The van der Waals surface area contributed by atoms with Crippen molar-refractivity contribution in [3.8, 4) is 0 Å². The third-order valence-electron chi connectivity index (χ3n) is 8.11. The quantitative estimate of drug-likeness (QED) is 0.116. The van der Waals surface area contributed by atoms with E-state index in [2.05, 4.69) is 194 Å². The van der Waals surface area contributed by atoms with Crippen LogP contribution in [-0.2, 0) is 0 Å². The maximum absolute atomic E-state index is 2.49. The summed E-state index contributed by atoms with van der Waals surface area (Å²) in [6.07, 6.45) is 6.93. The fourth-order valence-corrected chi connectivity index (χ4v) is 14.2. The van der Waals surface area contributed by atoms with Gasteiger partial charge < -0.3 is 0 Å². The zero-order valence-electron chi connectivity index (χ0n) is 23.8. The first kappa shape index (κ1) is 28.1. The average Bonchev–Trinajstić information content (AvgIpc) is 3.09. The van der Waals surface area contributed by atoms with Crippen LogP contribution in [0.3, 0.4) is 0 Å². The molecule has 0 saturated heterocycles. The number of allylic oxidation sites excluding steroid dienone is 2. The minimum atomic E-state index is -1.93. The molecule has 0 aromatic heterocycles. The smallest absolute Gasteiger partial charge is 0.0620 e. The van der Waals surface area contributed by atoms with Crippen LogP contribution in [0.2, 0.25) is 0 Å². The zero-order valence-corrected chi connectivity index (χ0v) is 25.6. The molecular formula is C40H36P2+2. The SMILES string of the molecule is C(=CC[P+](c1ccccc1)(c1ccccc1)c1ccccc1)C[P+](c1ccccc1)(c1ccccc1)c1ccccc1. The number of hydrogen-bond acceptors (Lipinski definition) is 0. The van der Waals surface area contributed by atoms with Crippen LogP contribution in [-0.4, -0.2) is 12.3 Å². The Morgan fingerprint density at radius 3 is 0.595 bits per heavy atom. The molecule has 6 rings (SSSR count). The number of hydrogen-bond donors (Lipinski definition) is 0. The van der Waals surface area contributed by atoms with Crippen LogP contribution < -0.4 is 31.8 Å². The lowest BCUT2D eigenvalue weighted by Crippen LogP contribution is -2.33. The summed E-state index contributed by atoms with van der Waals surface area (Å²) in [5.41, 5.74) is 0. The molecule has 0 radical (unpaired) electrons. The Morgan fingerprint density at radius 1 is 0.262 bits per heavy atom. The van der Waals surface area contributed by atoms with Gasteiger partial charge in [-0.1, -0.05) is 109 Å². The lowest BCUT2D eigenvalue weighted by Gasteiger charge is -2.28. The Morgan fingerprint density at radius 2 is 0.429 bits per heavy atom. The molecule has 2 heteroatoms. The molecule has 0 bridgehead atoms. The highest BCUT2D eigenvalue weighted by atomic mass is 31.2. The van der Waals surface area contributed by atoms with Gasteiger partial charge >= 0.3 is 0 Å². The van der Waals surface area contributed by atoms with E-state index >= 15 is 0 Å². The minimum absolute atomic E-state index is 0.976. The normalized spacial score (nSPS) is 11.9. The van der Waals surface area contributed by atoms with E-state index in [9.17, 15) is 0 Å². The van der Waals surface area contributed by atoms with Crippen molar-refractivity contribution in [1.29, 1.82) is 0 Å². The topological polar surface area (TPSA) is 0 Å². The molecule has 0 aliphatic rings. The second-order valence-electron chi connectivity index (χ2n) is 10.5. The Labute approximate surface area is 252 Å². The second kappa shape index (κ2) is 13.3. The Kier molecular flexibility index (Phi) is 8.86. The Hall–Kier alpha value is -4.08. The molecule has 0 heterocycles. The molecule has 0 N–H and O–H groups in total. The van der Waals surface area contributed by atoms with E-state index in [4.69, 9.17) is 0 Å². The molecule has 0 nitrogen and oxygen atoms in total. The predicted octanol–water partition coefficient (Wildman–Crippen LogP) is 7.53. The van der Waals surface area contributed by atoms with Crippen molar-refractivity contribution in [2.75, 3.05) is 12.3 Å². The zero-order chi connectivity index (χ0) is 28.5. The third kappa shape index (κ3) is 5.54. The minimum Gasteiger partial charge on any atom is -0.0620 e. The summed E-state index contributed by atoms with van der Waals surface area (Å²) in [6.45, 7) is 0. The monoisotopic (exact) mass is 578 g/mol. The van der Waals surface area contributed by atoms with Gasteiger partial charge in [0.15, 0.2) is 0 Å². The molecule has 0 spiro atoms. The third-order valence-corrected chi connectivity index (χ3v) is 16.7. The first-order chi connectivity index (χ1) is 20.8. The van der Waals surface area contributed by atoms with Crippen LogP contribution in [0.1, 0.15) is 0 Å². The van der Waals surface area contributed by atoms with E-state index in [0.717, 1.165) is 12.3 Å². The maximum Gasteiger partial charge on any atom is 0.115 e. The van der Waals surface area contributed by atoms with Crippen LogP contribution in [0, 0.1) is 0 Å². The van der Waals surface area contributed by atoms with Gasteiger partial charge in [-0.15, -0.1) is 0 Å². The summed E-state index contributed by atoms with van der Waals surface area (Å²) in [7, 11) is -3.85. The summed E-state index contributed by atoms with van der Waals surface area (Å²) >= 11 is 0.